The number of esters is 1. The first-order valence-corrected chi connectivity index (χ1v) is 10.9. The Morgan fingerprint density at radius 3 is 2.37 bits per heavy atom. The molecular formula is C19H27NO6S. The third-order valence-corrected chi connectivity index (χ3v) is 6.32. The van der Waals surface area contributed by atoms with Crippen molar-refractivity contribution in [2.75, 3.05) is 31.3 Å². The highest BCUT2D eigenvalue weighted by Crippen LogP contribution is 2.19. The van der Waals surface area contributed by atoms with Gasteiger partial charge in [0.05, 0.1) is 11.5 Å². The number of benzene rings is 1. The van der Waals surface area contributed by atoms with E-state index in [0.717, 1.165) is 0 Å². The van der Waals surface area contributed by atoms with Crippen molar-refractivity contribution in [3.63, 3.8) is 0 Å². The van der Waals surface area contributed by atoms with Gasteiger partial charge in [0, 0.05) is 12.6 Å². The highest BCUT2D eigenvalue weighted by atomic mass is 32.2. The number of nitrogens with zero attached hydrogens (tertiary/aromatic N) is 1. The van der Waals surface area contributed by atoms with Gasteiger partial charge in [-0.05, 0) is 37.0 Å². The van der Waals surface area contributed by atoms with Gasteiger partial charge in [0.1, 0.15) is 5.75 Å². The van der Waals surface area contributed by atoms with Crippen LogP contribution in [0, 0.1) is 0 Å². The summed E-state index contributed by atoms with van der Waals surface area (Å²) in [5.41, 5.74) is 1.17. The summed E-state index contributed by atoms with van der Waals surface area (Å²) >= 11 is 0. The van der Waals surface area contributed by atoms with Crippen LogP contribution in [0.1, 0.15) is 38.7 Å². The highest BCUT2D eigenvalue weighted by Gasteiger charge is 2.34. The lowest BCUT2D eigenvalue weighted by Gasteiger charge is -2.26. The van der Waals surface area contributed by atoms with Gasteiger partial charge in [-0.2, -0.15) is 0 Å². The van der Waals surface area contributed by atoms with Crippen molar-refractivity contribution in [1.29, 1.82) is 0 Å². The van der Waals surface area contributed by atoms with E-state index in [1.54, 1.807) is 19.1 Å². The monoisotopic (exact) mass is 397 g/mol. The number of carbonyl (C=O) groups is 2. The summed E-state index contributed by atoms with van der Waals surface area (Å²) in [5.74, 6) is -0.0261. The van der Waals surface area contributed by atoms with Crippen LogP contribution < -0.4 is 4.74 Å². The molecule has 0 radical (unpaired) electrons. The number of rotatable bonds is 8. The number of ether oxygens (including phenoxy) is 2. The fourth-order valence-corrected chi connectivity index (χ4v) is 4.75. The second-order valence-electron chi connectivity index (χ2n) is 6.91. The molecule has 0 bridgehead atoms. The molecule has 2 rings (SSSR count). The van der Waals surface area contributed by atoms with Crippen LogP contribution in [0.3, 0.4) is 0 Å². The Bertz CT molecular complexity index is 757. The molecule has 1 aliphatic rings. The van der Waals surface area contributed by atoms with Crippen molar-refractivity contribution >= 4 is 21.7 Å². The summed E-state index contributed by atoms with van der Waals surface area (Å²) in [5, 5.41) is 0. The van der Waals surface area contributed by atoms with Gasteiger partial charge in [-0.1, -0.05) is 26.0 Å². The number of carbonyl (C=O) groups excluding carboxylic acids is 2. The molecule has 1 saturated heterocycles. The first kappa shape index (κ1) is 21.2. The van der Waals surface area contributed by atoms with Gasteiger partial charge in [-0.25, -0.2) is 13.2 Å². The summed E-state index contributed by atoms with van der Waals surface area (Å²) in [6.45, 7) is 5.61. The summed E-state index contributed by atoms with van der Waals surface area (Å²) in [6, 6.07) is 7.09. The fourth-order valence-electron chi connectivity index (χ4n) is 3.02. The normalized spacial score (nSPS) is 18.3. The molecule has 0 aromatic heterocycles. The van der Waals surface area contributed by atoms with E-state index in [0.29, 0.717) is 24.6 Å². The summed E-state index contributed by atoms with van der Waals surface area (Å²) in [6.07, 6.45) is 0.422. The quantitative estimate of drug-likeness (QED) is 0.621. The Morgan fingerprint density at radius 2 is 1.85 bits per heavy atom. The largest absolute Gasteiger partial charge is 0.482 e. The Hall–Kier alpha value is -2.09. The van der Waals surface area contributed by atoms with E-state index >= 15 is 0 Å². The predicted octanol–water partition coefficient (Wildman–Crippen LogP) is 1.77. The van der Waals surface area contributed by atoms with Gasteiger partial charge in [-0.3, -0.25) is 4.79 Å². The Kier molecular flexibility index (Phi) is 7.24. The molecule has 1 unspecified atom stereocenters. The SMILES string of the molecule is CCN(C(=O)COC(=O)COc1ccc(C(C)C)cc1)C1CCS(=O)(=O)C1. The first-order chi connectivity index (χ1) is 12.7. The number of likely N-dealkylation sites (N-methyl/N-ethyl adjacent to an activating group) is 1. The minimum Gasteiger partial charge on any atom is -0.482 e. The molecule has 7 nitrogen and oxygen atoms in total. The van der Waals surface area contributed by atoms with Crippen molar-refractivity contribution in [2.45, 2.75) is 39.2 Å². The Labute approximate surface area is 160 Å². The van der Waals surface area contributed by atoms with Crippen molar-refractivity contribution in [3.05, 3.63) is 29.8 Å². The molecule has 27 heavy (non-hydrogen) atoms. The van der Waals surface area contributed by atoms with Gasteiger partial charge >= 0.3 is 5.97 Å². The van der Waals surface area contributed by atoms with E-state index in [1.165, 1.54) is 10.5 Å². The van der Waals surface area contributed by atoms with Gasteiger partial charge in [0.25, 0.3) is 5.91 Å². The second kappa shape index (κ2) is 9.21. The lowest BCUT2D eigenvalue weighted by atomic mass is 10.0. The van der Waals surface area contributed by atoms with E-state index in [2.05, 4.69) is 13.8 Å². The molecule has 0 N–H and O–H groups in total. The zero-order valence-electron chi connectivity index (χ0n) is 16.0. The molecule has 1 aromatic rings. The smallest absolute Gasteiger partial charge is 0.344 e. The van der Waals surface area contributed by atoms with Crippen molar-refractivity contribution in [2.24, 2.45) is 0 Å². The van der Waals surface area contributed by atoms with E-state index in [9.17, 15) is 18.0 Å². The molecule has 1 atom stereocenters. The standard InChI is InChI=1S/C19H27NO6S/c1-4-20(16-9-10-27(23,24)13-16)18(21)11-26-19(22)12-25-17-7-5-15(6-8-17)14(2)3/h5-8,14,16H,4,9-13H2,1-3H3. The lowest BCUT2D eigenvalue weighted by molar-refractivity contribution is -0.154. The maximum Gasteiger partial charge on any atom is 0.344 e. The van der Waals surface area contributed by atoms with Crippen LogP contribution in [0.25, 0.3) is 0 Å². The van der Waals surface area contributed by atoms with Crippen LogP contribution in [-0.4, -0.2) is 62.5 Å². The molecule has 0 spiro atoms. The number of amides is 1. The molecule has 1 amide bonds. The zero-order chi connectivity index (χ0) is 20.0. The Morgan fingerprint density at radius 1 is 1.19 bits per heavy atom. The second-order valence-corrected chi connectivity index (χ2v) is 9.14. The molecule has 150 valence electrons. The van der Waals surface area contributed by atoms with Crippen LogP contribution in [0.15, 0.2) is 24.3 Å². The minimum absolute atomic E-state index is 0.0317. The molecule has 1 heterocycles. The molecule has 8 heteroatoms. The molecule has 1 aromatic carbocycles. The average Bonchev–Trinajstić information content (AvgIpc) is 2.98. The maximum absolute atomic E-state index is 12.3. The van der Waals surface area contributed by atoms with Crippen molar-refractivity contribution < 1.29 is 27.5 Å². The molecule has 1 fully saturated rings. The minimum atomic E-state index is -3.08. The molecule has 0 aliphatic carbocycles. The summed E-state index contributed by atoms with van der Waals surface area (Å²) < 4.78 is 33.5. The van der Waals surface area contributed by atoms with E-state index in [1.807, 2.05) is 12.1 Å². The van der Waals surface area contributed by atoms with Crippen LogP contribution in [0.2, 0.25) is 0 Å². The topological polar surface area (TPSA) is 90.0 Å². The van der Waals surface area contributed by atoms with E-state index < -0.39 is 28.3 Å². The van der Waals surface area contributed by atoms with Crippen molar-refractivity contribution in [3.8, 4) is 5.75 Å². The number of hydrogen-bond donors (Lipinski definition) is 0. The lowest BCUT2D eigenvalue weighted by Crippen LogP contribution is -2.43. The zero-order valence-corrected chi connectivity index (χ0v) is 16.8. The van der Waals surface area contributed by atoms with Crippen LogP contribution in [0.4, 0.5) is 0 Å². The van der Waals surface area contributed by atoms with Gasteiger partial charge in [0.15, 0.2) is 23.1 Å². The highest BCUT2D eigenvalue weighted by molar-refractivity contribution is 7.91. The third-order valence-electron chi connectivity index (χ3n) is 4.57. The molecule has 0 saturated carbocycles. The van der Waals surface area contributed by atoms with Gasteiger partial charge in [0.2, 0.25) is 0 Å². The first-order valence-electron chi connectivity index (χ1n) is 9.10. The van der Waals surface area contributed by atoms with Crippen LogP contribution in [0.5, 0.6) is 5.75 Å². The molecular weight excluding hydrogens is 370 g/mol. The van der Waals surface area contributed by atoms with Gasteiger partial charge in [-0.15, -0.1) is 0 Å². The number of hydrogen-bond acceptors (Lipinski definition) is 6. The number of sulfone groups is 1. The predicted molar refractivity (Wildman–Crippen MR) is 101 cm³/mol. The van der Waals surface area contributed by atoms with Crippen molar-refractivity contribution in [1.82, 2.24) is 4.90 Å². The maximum atomic E-state index is 12.3. The average molecular weight is 397 g/mol. The van der Waals surface area contributed by atoms with Crippen LogP contribution >= 0.6 is 0 Å². The van der Waals surface area contributed by atoms with E-state index in [4.69, 9.17) is 9.47 Å². The summed E-state index contributed by atoms with van der Waals surface area (Å²) in [7, 11) is -3.08. The van der Waals surface area contributed by atoms with Crippen LogP contribution in [-0.2, 0) is 24.2 Å². The Balaban J connectivity index is 1.77. The molecule has 1 aliphatic heterocycles. The van der Waals surface area contributed by atoms with E-state index in [-0.39, 0.29) is 24.2 Å². The van der Waals surface area contributed by atoms with Gasteiger partial charge < -0.3 is 14.4 Å². The fraction of sp³-hybridized carbons (Fsp3) is 0.579. The third kappa shape index (κ3) is 6.23. The summed E-state index contributed by atoms with van der Waals surface area (Å²) in [4.78, 5) is 25.5.